The lowest BCUT2D eigenvalue weighted by atomic mass is 9.81. The number of carbonyl (C=O) groups is 6. The Balaban J connectivity index is 0.000000210. The molecular formula is C58H52BN3O16. The summed E-state index contributed by atoms with van der Waals surface area (Å²) in [5.41, 5.74) is 2.91. The topological polar surface area (TPSA) is 288 Å². The molecule has 7 aromatic rings. The van der Waals surface area contributed by atoms with Crippen molar-refractivity contribution >= 4 is 48.0 Å². The highest BCUT2D eigenvalue weighted by molar-refractivity contribution is 6.58. The van der Waals surface area contributed by atoms with Gasteiger partial charge in [0, 0.05) is 66.7 Å². The van der Waals surface area contributed by atoms with Gasteiger partial charge in [0.15, 0.2) is 11.6 Å². The Labute approximate surface area is 449 Å². The number of carboxylic acid groups (broad SMARTS) is 2. The van der Waals surface area contributed by atoms with Crippen molar-refractivity contribution in [2.24, 2.45) is 0 Å². The van der Waals surface area contributed by atoms with Crippen molar-refractivity contribution in [3.8, 4) is 17.1 Å². The molecule has 0 saturated carbocycles. The maximum atomic E-state index is 11.7. The maximum absolute atomic E-state index is 11.7. The zero-order valence-electron chi connectivity index (χ0n) is 43.8. The third-order valence-electron chi connectivity index (χ3n) is 10.3. The van der Waals surface area contributed by atoms with Crippen LogP contribution in [0.2, 0.25) is 0 Å². The van der Waals surface area contributed by atoms with Crippen LogP contribution in [0, 0.1) is 0 Å². The van der Waals surface area contributed by atoms with Gasteiger partial charge in [-0.25, -0.2) is 19.2 Å². The number of aliphatic hydroxyl groups is 1. The number of allylic oxidation sites excluding steroid dienone is 4. The van der Waals surface area contributed by atoms with E-state index in [1.165, 1.54) is 113 Å². The summed E-state index contributed by atoms with van der Waals surface area (Å²) in [6.07, 6.45) is 13.0. The summed E-state index contributed by atoms with van der Waals surface area (Å²) >= 11 is 0. The summed E-state index contributed by atoms with van der Waals surface area (Å²) in [6, 6.07) is 43.4. The number of pyridine rings is 3. The molecule has 0 saturated heterocycles. The molecule has 0 radical (unpaired) electrons. The van der Waals surface area contributed by atoms with E-state index in [0.29, 0.717) is 40.1 Å². The standard InChI is InChI=1S/C13H11NO3.C12H9NO3.C12H11NO2.C8H8O3.C7H6O3.C6H7BO2/c1-17-13(16)10-7-8-12(15)14(9-10)11-5-3-2-4-6-11;14-11-7-6-9(12(15)16)8-13(11)10-4-2-1-3-5-10;14-9-10-6-7-12(15)13(8-10)11-4-2-1-3-5-11;1-11-8(10)6-2-4-7(9)5-3-6;8-6-3-1-5(2-4-6)7(9)10;8-7(9)6-4-2-1-3-5-6/h2-9H,1H3;1-8H,(H,15,16);1-8,14H,9H2;2-4H,5H2,1H3;1-3H,4H2,(H,9,10);1-5,8-9H/i;;9D2;;;. The van der Waals surface area contributed by atoms with E-state index in [2.05, 4.69) is 9.47 Å². The number of carboxylic acids is 2. The van der Waals surface area contributed by atoms with E-state index in [9.17, 15) is 48.3 Å². The Kier molecular flexibility index (Phi) is 23.1. The summed E-state index contributed by atoms with van der Waals surface area (Å²) in [5, 5.41) is 43.7. The average Bonchev–Trinajstić information content (AvgIpc) is 3.50. The van der Waals surface area contributed by atoms with Gasteiger partial charge in [-0.2, -0.15) is 0 Å². The molecule has 2 aliphatic carbocycles. The molecule has 3 heterocycles. The second-order valence-corrected chi connectivity index (χ2v) is 15.7. The number of ketones is 2. The van der Waals surface area contributed by atoms with Crippen molar-refractivity contribution in [1.29, 1.82) is 0 Å². The summed E-state index contributed by atoms with van der Waals surface area (Å²) < 4.78 is 27.5. The first-order chi connectivity index (χ1) is 38.1. The van der Waals surface area contributed by atoms with Gasteiger partial charge in [-0.1, -0.05) is 97.1 Å². The lowest BCUT2D eigenvalue weighted by Gasteiger charge is -2.06. The summed E-state index contributed by atoms with van der Waals surface area (Å²) in [6.45, 7) is -2.45. The highest BCUT2D eigenvalue weighted by atomic mass is 16.5. The molecule has 0 spiro atoms. The van der Waals surface area contributed by atoms with Crippen molar-refractivity contribution in [2.75, 3.05) is 14.2 Å². The van der Waals surface area contributed by atoms with Crippen LogP contribution in [-0.4, -0.2) is 95.9 Å². The number of hydrogen-bond acceptors (Lipinski definition) is 14. The molecule has 0 bridgehead atoms. The Morgan fingerprint density at radius 2 is 0.872 bits per heavy atom. The fraction of sp³-hybridized carbons (Fsp3) is 0.0862. The zero-order valence-corrected chi connectivity index (χ0v) is 41.8. The van der Waals surface area contributed by atoms with Crippen LogP contribution in [0.3, 0.4) is 0 Å². The predicted molar refractivity (Wildman–Crippen MR) is 290 cm³/mol. The van der Waals surface area contributed by atoms with Gasteiger partial charge in [0.05, 0.1) is 45.8 Å². The van der Waals surface area contributed by atoms with Crippen LogP contribution in [0.15, 0.2) is 238 Å². The van der Waals surface area contributed by atoms with Crippen molar-refractivity contribution in [3.63, 3.8) is 0 Å². The number of carbonyl (C=O) groups excluding carboxylic acids is 4. The molecule has 398 valence electrons. The SMILES string of the molecule is COC(=O)C1=CCC(=O)C=C1.COC(=O)c1ccc(=O)n(-c2ccccc2)c1.O=C(O)c1ccc(=O)n(-c2ccccc2)c1.O=C1C=CC(C(=O)O)=CC1.OB(O)c1ccccc1.[2H]C([2H])(O)c1ccc(=O)n(-c2ccccc2)c1. The lowest BCUT2D eigenvalue weighted by Crippen LogP contribution is -2.29. The largest absolute Gasteiger partial charge is 0.488 e. The van der Waals surface area contributed by atoms with Gasteiger partial charge in [0.25, 0.3) is 16.7 Å². The van der Waals surface area contributed by atoms with Crippen LogP contribution in [0.5, 0.6) is 0 Å². The number of aliphatic carboxylic acids is 1. The Morgan fingerprint density at radius 1 is 0.487 bits per heavy atom. The molecule has 78 heavy (non-hydrogen) atoms. The predicted octanol–water partition coefficient (Wildman–Crippen LogP) is 5.00. The van der Waals surface area contributed by atoms with E-state index in [1.54, 1.807) is 91.0 Å². The van der Waals surface area contributed by atoms with E-state index < -0.39 is 37.6 Å². The highest BCUT2D eigenvalue weighted by Gasteiger charge is 2.12. The molecule has 9 rings (SSSR count). The van der Waals surface area contributed by atoms with Crippen LogP contribution < -0.4 is 22.1 Å². The molecule has 19 nitrogen and oxygen atoms in total. The quantitative estimate of drug-likeness (QED) is 0.0939. The zero-order chi connectivity index (χ0) is 58.8. The molecule has 4 aromatic carbocycles. The Morgan fingerprint density at radius 3 is 1.23 bits per heavy atom. The number of ether oxygens (including phenoxy) is 2. The molecule has 0 amide bonds. The Bertz CT molecular complexity index is 3570. The molecule has 2 aliphatic rings. The number of aromatic carboxylic acids is 1. The first kappa shape index (κ1) is 57.1. The maximum Gasteiger partial charge on any atom is 0.488 e. The molecule has 0 unspecified atom stereocenters. The van der Waals surface area contributed by atoms with E-state index in [1.807, 2.05) is 36.4 Å². The van der Waals surface area contributed by atoms with Crippen molar-refractivity contribution in [1.82, 2.24) is 13.7 Å². The monoisotopic (exact) mass is 1060 g/mol. The fourth-order valence-electron chi connectivity index (χ4n) is 6.38. The van der Waals surface area contributed by atoms with Gasteiger partial charge < -0.3 is 34.8 Å². The Hall–Kier alpha value is -10.1. The van der Waals surface area contributed by atoms with E-state index in [0.717, 1.165) is 0 Å². The lowest BCUT2D eigenvalue weighted by molar-refractivity contribution is -0.136. The molecule has 20 heteroatoms. The number of methoxy groups -OCH3 is 2. The number of esters is 2. The summed E-state index contributed by atoms with van der Waals surface area (Å²) in [7, 11) is 1.28. The molecule has 3 aromatic heterocycles. The summed E-state index contributed by atoms with van der Waals surface area (Å²) in [5.74, 6) is -2.93. The first-order valence-electron chi connectivity index (χ1n) is 24.1. The van der Waals surface area contributed by atoms with Crippen molar-refractivity contribution < 1.29 is 66.4 Å². The molecule has 0 atom stereocenters. The van der Waals surface area contributed by atoms with Crippen LogP contribution >= 0.6 is 0 Å². The number of benzene rings is 4. The van der Waals surface area contributed by atoms with Gasteiger partial charge in [0.1, 0.15) is 0 Å². The number of aromatic nitrogens is 3. The van der Waals surface area contributed by atoms with E-state index >= 15 is 0 Å². The first-order valence-corrected chi connectivity index (χ1v) is 23.1. The fourth-order valence-corrected chi connectivity index (χ4v) is 6.38. The van der Waals surface area contributed by atoms with Crippen LogP contribution in [0.1, 0.15) is 41.9 Å². The normalized spacial score (nSPS) is 12.2. The van der Waals surface area contributed by atoms with Gasteiger partial charge in [-0.15, -0.1) is 0 Å². The molecule has 0 aliphatic heterocycles. The second-order valence-electron chi connectivity index (χ2n) is 15.7. The van der Waals surface area contributed by atoms with Gasteiger partial charge in [-0.3, -0.25) is 37.7 Å². The van der Waals surface area contributed by atoms with Crippen molar-refractivity contribution in [3.05, 3.63) is 272 Å². The third kappa shape index (κ3) is 19.6. The molecule has 5 N–H and O–H groups in total. The average molecular weight is 1060 g/mol. The van der Waals surface area contributed by atoms with E-state index in [4.69, 9.17) is 23.0 Å². The number of para-hydroxylation sites is 3. The second kappa shape index (κ2) is 31.6. The highest BCUT2D eigenvalue weighted by Crippen LogP contribution is 2.11. The van der Waals surface area contributed by atoms with Gasteiger partial charge in [-0.05, 0) is 89.9 Å². The minimum atomic E-state index is -2.45. The molecule has 0 fully saturated rings. The molecular weight excluding hydrogens is 1010 g/mol. The van der Waals surface area contributed by atoms with Crippen LogP contribution in [0.25, 0.3) is 17.1 Å². The van der Waals surface area contributed by atoms with E-state index in [-0.39, 0.29) is 51.4 Å². The number of nitrogens with zero attached hydrogens (tertiary/aromatic N) is 3. The van der Waals surface area contributed by atoms with Crippen LogP contribution in [-0.2, 0) is 35.2 Å². The number of rotatable bonds is 9. The van der Waals surface area contributed by atoms with Crippen molar-refractivity contribution in [2.45, 2.75) is 19.4 Å². The number of hydrogen-bond donors (Lipinski definition) is 5. The van der Waals surface area contributed by atoms with Crippen LogP contribution in [0.4, 0.5) is 0 Å². The van der Waals surface area contributed by atoms with Gasteiger partial charge >= 0.3 is 31.0 Å². The minimum absolute atomic E-state index is 0.0117. The third-order valence-corrected chi connectivity index (χ3v) is 10.3. The van der Waals surface area contributed by atoms with Gasteiger partial charge in [0.2, 0.25) is 0 Å². The summed E-state index contributed by atoms with van der Waals surface area (Å²) in [4.78, 5) is 99.3. The smallest absolute Gasteiger partial charge is 0.478 e. The minimum Gasteiger partial charge on any atom is -0.478 e.